The Hall–Kier alpha value is -0.893. The van der Waals surface area contributed by atoms with Crippen LogP contribution in [-0.4, -0.2) is 28.9 Å². The molecule has 1 aliphatic carbocycles. The van der Waals surface area contributed by atoms with Gasteiger partial charge in [-0.25, -0.2) is 13.6 Å². The molecule has 1 aromatic carbocycles. The molecule has 2 N–H and O–H groups in total. The molecule has 0 saturated heterocycles. The van der Waals surface area contributed by atoms with Crippen molar-refractivity contribution in [3.63, 3.8) is 0 Å². The van der Waals surface area contributed by atoms with Crippen molar-refractivity contribution in [2.24, 2.45) is 5.14 Å². The van der Waals surface area contributed by atoms with E-state index in [1.54, 1.807) is 12.1 Å². The second kappa shape index (κ2) is 6.44. The predicted octanol–water partition coefficient (Wildman–Crippen LogP) is 3.57. The van der Waals surface area contributed by atoms with Crippen molar-refractivity contribution in [2.75, 3.05) is 0 Å². The van der Waals surface area contributed by atoms with Crippen LogP contribution in [0.3, 0.4) is 0 Å². The molecule has 0 aromatic heterocycles. The third kappa shape index (κ3) is 4.39. The highest BCUT2D eigenvalue weighted by Crippen LogP contribution is 2.41. The molecule has 5 nitrogen and oxygen atoms in total. The van der Waals surface area contributed by atoms with Gasteiger partial charge in [0.1, 0.15) is 16.7 Å². The van der Waals surface area contributed by atoms with Gasteiger partial charge < -0.3 is 9.16 Å². The van der Waals surface area contributed by atoms with E-state index in [2.05, 4.69) is 33.9 Å². The lowest BCUT2D eigenvalue weighted by molar-refractivity contribution is -0.00449. The number of sulfonamides is 1. The van der Waals surface area contributed by atoms with E-state index in [0.717, 1.165) is 18.4 Å². The summed E-state index contributed by atoms with van der Waals surface area (Å²) < 4.78 is 35.6. The van der Waals surface area contributed by atoms with Gasteiger partial charge in [-0.15, -0.1) is 0 Å². The Morgan fingerprint density at radius 2 is 1.75 bits per heavy atom. The number of ether oxygens (including phenoxy) is 1. The lowest BCUT2D eigenvalue weighted by Crippen LogP contribution is -2.50. The Bertz CT molecular complexity index is 704. The van der Waals surface area contributed by atoms with Crippen LogP contribution in [0.25, 0.3) is 0 Å². The molecule has 136 valence electrons. The minimum Gasteiger partial charge on any atom is -0.489 e. The van der Waals surface area contributed by atoms with Crippen LogP contribution in [-0.2, 0) is 14.4 Å². The first-order valence-corrected chi connectivity index (χ1v) is 12.7. The molecule has 7 heteroatoms. The summed E-state index contributed by atoms with van der Waals surface area (Å²) in [7, 11) is -5.57. The van der Waals surface area contributed by atoms with Crippen LogP contribution in [0, 0.1) is 6.92 Å². The normalized spacial score (nSPS) is 22.1. The lowest BCUT2D eigenvalue weighted by atomic mass is 9.92. The van der Waals surface area contributed by atoms with Gasteiger partial charge in [0.25, 0.3) is 0 Å². The lowest BCUT2D eigenvalue weighted by Gasteiger charge is -2.44. The van der Waals surface area contributed by atoms with Gasteiger partial charge in [0, 0.05) is 12.8 Å². The molecule has 0 bridgehead atoms. The summed E-state index contributed by atoms with van der Waals surface area (Å²) in [6, 6.07) is 4.95. The highest BCUT2D eigenvalue weighted by atomic mass is 32.2. The Kier molecular flexibility index (Phi) is 5.21. The van der Waals surface area contributed by atoms with Crippen molar-refractivity contribution < 1.29 is 17.6 Å². The van der Waals surface area contributed by atoms with E-state index >= 15 is 0 Å². The van der Waals surface area contributed by atoms with E-state index in [0.29, 0.717) is 5.75 Å². The summed E-state index contributed by atoms with van der Waals surface area (Å²) >= 11 is 0. The molecule has 1 saturated carbocycles. The van der Waals surface area contributed by atoms with Gasteiger partial charge in [-0.1, -0.05) is 26.8 Å². The van der Waals surface area contributed by atoms with Crippen LogP contribution in [0.1, 0.15) is 39.2 Å². The Morgan fingerprint density at radius 1 is 1.17 bits per heavy atom. The Morgan fingerprint density at radius 3 is 2.25 bits per heavy atom. The van der Waals surface area contributed by atoms with Gasteiger partial charge >= 0.3 is 0 Å². The number of aryl methyl sites for hydroxylation is 1. The third-order valence-electron chi connectivity index (χ3n) is 5.02. The zero-order valence-corrected chi connectivity index (χ0v) is 17.2. The molecule has 0 atom stereocenters. The van der Waals surface area contributed by atoms with Crippen LogP contribution in [0.4, 0.5) is 0 Å². The van der Waals surface area contributed by atoms with Crippen LogP contribution in [0.5, 0.6) is 5.75 Å². The molecule has 2 rings (SSSR count). The molecule has 1 aromatic rings. The molecule has 0 amide bonds. The number of hydrogen-bond donors (Lipinski definition) is 1. The van der Waals surface area contributed by atoms with Crippen LogP contribution >= 0.6 is 0 Å². The molecule has 1 fully saturated rings. The predicted molar refractivity (Wildman–Crippen MR) is 98.3 cm³/mol. The Labute approximate surface area is 146 Å². The van der Waals surface area contributed by atoms with Crippen molar-refractivity contribution in [1.82, 2.24) is 0 Å². The molecule has 0 radical (unpaired) electrons. The third-order valence-corrected chi connectivity index (χ3v) is 10.5. The van der Waals surface area contributed by atoms with Crippen molar-refractivity contribution in [1.29, 1.82) is 0 Å². The highest BCUT2D eigenvalue weighted by molar-refractivity contribution is 7.89. The summed E-state index contributed by atoms with van der Waals surface area (Å²) in [5.41, 5.74) is 0.936. The van der Waals surface area contributed by atoms with Gasteiger partial charge in [0.05, 0.1) is 6.10 Å². The first kappa shape index (κ1) is 19.4. The number of nitrogens with two attached hydrogens (primary N) is 1. The number of benzene rings is 1. The smallest absolute Gasteiger partial charge is 0.241 e. The van der Waals surface area contributed by atoms with E-state index in [4.69, 9.17) is 14.3 Å². The van der Waals surface area contributed by atoms with E-state index in [-0.39, 0.29) is 22.1 Å². The molecule has 0 aliphatic heterocycles. The Balaban J connectivity index is 2.01. The van der Waals surface area contributed by atoms with Gasteiger partial charge in [-0.3, -0.25) is 0 Å². The maximum atomic E-state index is 11.7. The minimum absolute atomic E-state index is 0.0259. The van der Waals surface area contributed by atoms with Crippen molar-refractivity contribution in [3.05, 3.63) is 23.8 Å². The number of primary sulfonamides is 1. The maximum Gasteiger partial charge on any atom is 0.241 e. The second-order valence-electron chi connectivity index (χ2n) is 8.21. The molecule has 1 aliphatic rings. The molecule has 0 spiro atoms. The largest absolute Gasteiger partial charge is 0.489 e. The summed E-state index contributed by atoms with van der Waals surface area (Å²) in [6.07, 6.45) is 1.73. The topological polar surface area (TPSA) is 78.6 Å². The van der Waals surface area contributed by atoms with Crippen LogP contribution in [0.2, 0.25) is 18.1 Å². The van der Waals surface area contributed by atoms with Crippen LogP contribution in [0.15, 0.2) is 23.1 Å². The molecule has 0 heterocycles. The highest BCUT2D eigenvalue weighted by Gasteiger charge is 2.43. The summed E-state index contributed by atoms with van der Waals surface area (Å²) in [5.74, 6) is 0.341. The fraction of sp³-hybridized carbons (Fsp3) is 0.647. The number of hydrogen-bond acceptors (Lipinski definition) is 4. The monoisotopic (exact) mass is 371 g/mol. The molecular formula is C17H29NO4SSi. The van der Waals surface area contributed by atoms with E-state index < -0.39 is 18.3 Å². The van der Waals surface area contributed by atoms with Gasteiger partial charge in [-0.05, 0) is 42.8 Å². The SMILES string of the molecule is Cc1ccc(S(N)(=O)=O)c(OC2CC(O[Si](C)(C)C(C)(C)C)C2)c1. The molecule has 0 unspecified atom stereocenters. The van der Waals surface area contributed by atoms with E-state index in [9.17, 15) is 8.42 Å². The fourth-order valence-electron chi connectivity index (χ4n) is 2.43. The quantitative estimate of drug-likeness (QED) is 0.803. The zero-order chi connectivity index (χ0) is 18.3. The van der Waals surface area contributed by atoms with Gasteiger partial charge in [0.2, 0.25) is 10.0 Å². The van der Waals surface area contributed by atoms with Gasteiger partial charge in [-0.2, -0.15) is 0 Å². The first-order valence-electron chi connectivity index (χ1n) is 8.27. The standard InChI is InChI=1S/C17H29NO4SSi/c1-12-7-8-16(23(18,19)20)15(9-12)21-13-10-14(11-13)22-24(5,6)17(2,3)4/h7-9,13-14H,10-11H2,1-6H3,(H2,18,19,20). The average molecular weight is 372 g/mol. The van der Waals surface area contributed by atoms with E-state index in [1.807, 2.05) is 6.92 Å². The average Bonchev–Trinajstić information content (AvgIpc) is 2.33. The summed E-state index contributed by atoms with van der Waals surface area (Å²) in [5, 5.41) is 5.45. The van der Waals surface area contributed by atoms with Crippen molar-refractivity contribution >= 4 is 18.3 Å². The number of rotatable bonds is 5. The second-order valence-corrected chi connectivity index (χ2v) is 14.5. The van der Waals surface area contributed by atoms with Crippen molar-refractivity contribution in [3.8, 4) is 5.75 Å². The first-order chi connectivity index (χ1) is 10.8. The fourth-order valence-corrected chi connectivity index (χ4v) is 4.45. The van der Waals surface area contributed by atoms with Gasteiger partial charge in [0.15, 0.2) is 8.32 Å². The summed E-state index contributed by atoms with van der Waals surface area (Å²) in [6.45, 7) is 13.0. The molecular weight excluding hydrogens is 342 g/mol. The summed E-state index contributed by atoms with van der Waals surface area (Å²) in [4.78, 5) is 0.0434. The van der Waals surface area contributed by atoms with Crippen LogP contribution < -0.4 is 9.88 Å². The molecule has 24 heavy (non-hydrogen) atoms. The van der Waals surface area contributed by atoms with Crippen molar-refractivity contribution in [2.45, 2.75) is 75.8 Å². The minimum atomic E-state index is -3.79. The maximum absolute atomic E-state index is 11.7. The van der Waals surface area contributed by atoms with E-state index in [1.165, 1.54) is 6.07 Å². The zero-order valence-electron chi connectivity index (χ0n) is 15.4.